The Bertz CT molecular complexity index is 234. The van der Waals surface area contributed by atoms with Gasteiger partial charge in [-0.3, -0.25) is 4.90 Å². The highest BCUT2D eigenvalue weighted by Gasteiger charge is 2.30. The highest BCUT2D eigenvalue weighted by atomic mass is 32.2. The van der Waals surface area contributed by atoms with Gasteiger partial charge in [-0.05, 0) is 45.1 Å². The first-order valence-electron chi connectivity index (χ1n) is 7.19. The van der Waals surface area contributed by atoms with Crippen molar-refractivity contribution in [2.24, 2.45) is 11.8 Å². The second kappa shape index (κ2) is 6.44. The van der Waals surface area contributed by atoms with Gasteiger partial charge in [-0.2, -0.15) is 11.8 Å². The van der Waals surface area contributed by atoms with E-state index in [9.17, 15) is 0 Å². The zero-order valence-electron chi connectivity index (χ0n) is 11.6. The van der Waals surface area contributed by atoms with Crippen LogP contribution in [0.5, 0.6) is 0 Å². The number of thioether (sulfide) groups is 1. The van der Waals surface area contributed by atoms with E-state index in [1.807, 2.05) is 0 Å². The van der Waals surface area contributed by atoms with Gasteiger partial charge in [0, 0.05) is 36.7 Å². The Morgan fingerprint density at radius 3 is 2.82 bits per heavy atom. The van der Waals surface area contributed by atoms with Crippen molar-refractivity contribution < 1.29 is 0 Å². The second-order valence-corrected chi connectivity index (χ2v) is 7.14. The molecule has 3 heteroatoms. The average molecular weight is 256 g/mol. The van der Waals surface area contributed by atoms with Crippen LogP contribution in [0.25, 0.3) is 0 Å². The molecule has 2 nitrogen and oxygen atoms in total. The molecule has 1 heterocycles. The molecule has 1 N–H and O–H groups in total. The molecule has 2 rings (SSSR count). The zero-order valence-corrected chi connectivity index (χ0v) is 12.4. The smallest absolute Gasteiger partial charge is 0.0158 e. The van der Waals surface area contributed by atoms with Crippen LogP contribution >= 0.6 is 11.8 Å². The van der Waals surface area contributed by atoms with Gasteiger partial charge in [-0.15, -0.1) is 0 Å². The molecule has 1 aliphatic heterocycles. The summed E-state index contributed by atoms with van der Waals surface area (Å²) in [7, 11) is 2.14. The van der Waals surface area contributed by atoms with Crippen LogP contribution in [-0.4, -0.2) is 48.6 Å². The van der Waals surface area contributed by atoms with Crippen LogP contribution in [0.4, 0.5) is 0 Å². The maximum atomic E-state index is 3.55. The van der Waals surface area contributed by atoms with Gasteiger partial charge < -0.3 is 5.32 Å². The SMILES string of the molecule is CNC1CCC(C)CC1CN1CCSCC1C. The molecule has 1 saturated heterocycles. The van der Waals surface area contributed by atoms with Crippen molar-refractivity contribution in [2.75, 3.05) is 31.6 Å². The van der Waals surface area contributed by atoms with Crippen molar-refractivity contribution in [3.63, 3.8) is 0 Å². The summed E-state index contributed by atoms with van der Waals surface area (Å²) in [5.41, 5.74) is 0. The van der Waals surface area contributed by atoms with Crippen molar-refractivity contribution in [3.8, 4) is 0 Å². The van der Waals surface area contributed by atoms with Gasteiger partial charge in [0.2, 0.25) is 0 Å². The Morgan fingerprint density at radius 1 is 1.29 bits per heavy atom. The van der Waals surface area contributed by atoms with Crippen molar-refractivity contribution in [1.29, 1.82) is 0 Å². The van der Waals surface area contributed by atoms with Crippen LogP contribution in [-0.2, 0) is 0 Å². The molecule has 0 aromatic rings. The molecular formula is C14H28N2S. The topological polar surface area (TPSA) is 15.3 Å². The third kappa shape index (κ3) is 3.62. The first kappa shape index (κ1) is 13.7. The Morgan fingerprint density at radius 2 is 2.12 bits per heavy atom. The van der Waals surface area contributed by atoms with Gasteiger partial charge in [-0.25, -0.2) is 0 Å². The summed E-state index contributed by atoms with van der Waals surface area (Å²) in [6, 6.07) is 1.54. The molecule has 4 unspecified atom stereocenters. The minimum Gasteiger partial charge on any atom is -0.317 e. The van der Waals surface area contributed by atoms with Gasteiger partial charge in [0.15, 0.2) is 0 Å². The summed E-state index contributed by atoms with van der Waals surface area (Å²) in [5, 5.41) is 3.55. The van der Waals surface area contributed by atoms with Gasteiger partial charge in [0.05, 0.1) is 0 Å². The van der Waals surface area contributed by atoms with E-state index in [-0.39, 0.29) is 0 Å². The lowest BCUT2D eigenvalue weighted by Crippen LogP contribution is -2.49. The second-order valence-electron chi connectivity index (χ2n) is 5.99. The predicted octanol–water partition coefficient (Wildman–Crippen LogP) is 2.45. The summed E-state index contributed by atoms with van der Waals surface area (Å²) in [5.74, 6) is 4.46. The first-order valence-corrected chi connectivity index (χ1v) is 8.35. The molecule has 0 bridgehead atoms. The molecule has 1 saturated carbocycles. The fourth-order valence-electron chi connectivity index (χ4n) is 3.41. The van der Waals surface area contributed by atoms with Crippen molar-refractivity contribution >= 4 is 11.8 Å². The molecule has 2 aliphatic rings. The standard InChI is InChI=1S/C14H28N2S/c1-11-4-5-14(15-3)13(8-11)9-16-6-7-17-10-12(16)2/h11-15H,4-10H2,1-3H3. The number of hydrogen-bond acceptors (Lipinski definition) is 3. The van der Waals surface area contributed by atoms with Crippen LogP contribution in [0, 0.1) is 11.8 Å². The lowest BCUT2D eigenvalue weighted by molar-refractivity contribution is 0.131. The van der Waals surface area contributed by atoms with Crippen molar-refractivity contribution in [2.45, 2.75) is 45.2 Å². The van der Waals surface area contributed by atoms with Gasteiger partial charge >= 0.3 is 0 Å². The molecular weight excluding hydrogens is 228 g/mol. The van der Waals surface area contributed by atoms with E-state index in [0.29, 0.717) is 0 Å². The molecule has 0 amide bonds. The fraction of sp³-hybridized carbons (Fsp3) is 1.00. The third-order valence-electron chi connectivity index (χ3n) is 4.59. The summed E-state index contributed by atoms with van der Waals surface area (Å²) in [4.78, 5) is 2.73. The van der Waals surface area contributed by atoms with Crippen molar-refractivity contribution in [3.05, 3.63) is 0 Å². The maximum Gasteiger partial charge on any atom is 0.0158 e. The van der Waals surface area contributed by atoms with E-state index in [1.54, 1.807) is 0 Å². The normalized spacial score (nSPS) is 40.4. The predicted molar refractivity (Wildman–Crippen MR) is 77.7 cm³/mol. The van der Waals surface area contributed by atoms with Crippen LogP contribution < -0.4 is 5.32 Å². The summed E-state index contributed by atoms with van der Waals surface area (Å²) in [6.07, 6.45) is 4.20. The van der Waals surface area contributed by atoms with Gasteiger partial charge in [-0.1, -0.05) is 6.92 Å². The van der Waals surface area contributed by atoms with E-state index in [0.717, 1.165) is 23.9 Å². The highest BCUT2D eigenvalue weighted by molar-refractivity contribution is 7.99. The fourth-order valence-corrected chi connectivity index (χ4v) is 4.50. The summed E-state index contributed by atoms with van der Waals surface area (Å²) < 4.78 is 0. The number of nitrogens with one attached hydrogen (secondary N) is 1. The Labute approximate surface area is 111 Å². The summed E-state index contributed by atoms with van der Waals surface area (Å²) in [6.45, 7) is 7.44. The van der Waals surface area contributed by atoms with Crippen molar-refractivity contribution in [1.82, 2.24) is 10.2 Å². The molecule has 0 spiro atoms. The third-order valence-corrected chi connectivity index (χ3v) is 5.78. The number of nitrogens with zero attached hydrogens (tertiary/aromatic N) is 1. The van der Waals surface area contributed by atoms with Crippen LogP contribution in [0.15, 0.2) is 0 Å². The number of rotatable bonds is 3. The molecule has 1 aliphatic carbocycles. The van der Waals surface area contributed by atoms with E-state index < -0.39 is 0 Å². The van der Waals surface area contributed by atoms with Crippen LogP contribution in [0.1, 0.15) is 33.1 Å². The molecule has 2 fully saturated rings. The summed E-state index contributed by atoms with van der Waals surface area (Å²) >= 11 is 2.12. The Hall–Kier alpha value is 0.270. The Balaban J connectivity index is 1.90. The van der Waals surface area contributed by atoms with Gasteiger partial charge in [0.25, 0.3) is 0 Å². The molecule has 0 aromatic carbocycles. The number of hydrogen-bond donors (Lipinski definition) is 1. The molecule has 4 atom stereocenters. The largest absolute Gasteiger partial charge is 0.317 e. The van der Waals surface area contributed by atoms with E-state index >= 15 is 0 Å². The average Bonchev–Trinajstić information content (AvgIpc) is 2.32. The van der Waals surface area contributed by atoms with Gasteiger partial charge in [0.1, 0.15) is 0 Å². The Kier molecular flexibility index (Phi) is 5.19. The van der Waals surface area contributed by atoms with E-state index in [4.69, 9.17) is 0 Å². The minimum absolute atomic E-state index is 0.757. The van der Waals surface area contributed by atoms with E-state index in [1.165, 1.54) is 43.9 Å². The molecule has 0 radical (unpaired) electrons. The molecule has 17 heavy (non-hydrogen) atoms. The first-order chi connectivity index (χ1) is 8.20. The van der Waals surface area contributed by atoms with Crippen LogP contribution in [0.3, 0.4) is 0 Å². The lowest BCUT2D eigenvalue weighted by Gasteiger charge is -2.41. The van der Waals surface area contributed by atoms with E-state index in [2.05, 4.69) is 42.9 Å². The van der Waals surface area contributed by atoms with Crippen LogP contribution in [0.2, 0.25) is 0 Å². The monoisotopic (exact) mass is 256 g/mol. The zero-order chi connectivity index (χ0) is 12.3. The highest BCUT2D eigenvalue weighted by Crippen LogP contribution is 2.30. The lowest BCUT2D eigenvalue weighted by atomic mass is 9.78. The minimum atomic E-state index is 0.757. The maximum absolute atomic E-state index is 3.55. The molecule has 0 aromatic heterocycles. The quantitative estimate of drug-likeness (QED) is 0.835. The molecule has 100 valence electrons.